The molecule has 0 atom stereocenters. The van der Waals surface area contributed by atoms with Gasteiger partial charge in [-0.1, -0.05) is 12.1 Å². The number of para-hydroxylation sites is 1. The van der Waals surface area contributed by atoms with Crippen LogP contribution in [-0.4, -0.2) is 11.1 Å². The zero-order chi connectivity index (χ0) is 10.0. The van der Waals surface area contributed by atoms with E-state index in [9.17, 15) is 13.6 Å². The summed E-state index contributed by atoms with van der Waals surface area (Å²) in [6.45, 7) is 0. The number of carboxylic acid groups (broad SMARTS) is 1. The molecule has 0 aromatic heterocycles. The standard InChI is InChI=1S/C8H7F2NO2/c9-7(10)4-2-1-3-5(6(4)11)8(12)13/h1-3,7H,11H2,(H,12,13). The number of hydrogen-bond acceptors (Lipinski definition) is 2. The lowest BCUT2D eigenvalue weighted by Gasteiger charge is -2.06. The first kappa shape index (κ1) is 9.44. The normalized spacial score (nSPS) is 10.4. The van der Waals surface area contributed by atoms with Gasteiger partial charge in [-0.25, -0.2) is 13.6 Å². The Morgan fingerprint density at radius 2 is 2.08 bits per heavy atom. The summed E-state index contributed by atoms with van der Waals surface area (Å²) in [6, 6.07) is 3.53. The highest BCUT2D eigenvalue weighted by Crippen LogP contribution is 2.27. The molecule has 0 saturated carbocycles. The predicted octanol–water partition coefficient (Wildman–Crippen LogP) is 1.90. The van der Waals surface area contributed by atoms with Crippen LogP contribution >= 0.6 is 0 Å². The number of hydrogen-bond donors (Lipinski definition) is 2. The summed E-state index contributed by atoms with van der Waals surface area (Å²) in [7, 11) is 0. The van der Waals surface area contributed by atoms with Crippen LogP contribution < -0.4 is 5.73 Å². The number of anilines is 1. The van der Waals surface area contributed by atoms with Crippen molar-refractivity contribution < 1.29 is 18.7 Å². The molecule has 0 aliphatic rings. The van der Waals surface area contributed by atoms with Crippen LogP contribution in [0.25, 0.3) is 0 Å². The molecule has 3 N–H and O–H groups in total. The van der Waals surface area contributed by atoms with Crippen molar-refractivity contribution in [1.29, 1.82) is 0 Å². The van der Waals surface area contributed by atoms with Gasteiger partial charge in [-0.05, 0) is 6.07 Å². The minimum atomic E-state index is -2.75. The Morgan fingerprint density at radius 1 is 1.46 bits per heavy atom. The highest BCUT2D eigenvalue weighted by Gasteiger charge is 2.16. The maximum atomic E-state index is 12.2. The molecule has 0 amide bonds. The van der Waals surface area contributed by atoms with Crippen molar-refractivity contribution in [3.05, 3.63) is 29.3 Å². The minimum absolute atomic E-state index is 0.294. The van der Waals surface area contributed by atoms with Crippen molar-refractivity contribution >= 4 is 11.7 Å². The number of rotatable bonds is 2. The van der Waals surface area contributed by atoms with E-state index in [-0.39, 0.29) is 11.3 Å². The molecule has 13 heavy (non-hydrogen) atoms. The molecule has 0 radical (unpaired) electrons. The van der Waals surface area contributed by atoms with Gasteiger partial charge in [-0.15, -0.1) is 0 Å². The molecule has 0 aliphatic heterocycles. The van der Waals surface area contributed by atoms with E-state index in [0.717, 1.165) is 6.07 Å². The second-order valence-corrected chi connectivity index (χ2v) is 2.41. The summed E-state index contributed by atoms with van der Waals surface area (Å²) in [5.74, 6) is -1.31. The second-order valence-electron chi connectivity index (χ2n) is 2.41. The molecule has 0 fully saturated rings. The third kappa shape index (κ3) is 1.74. The first-order valence-electron chi connectivity index (χ1n) is 3.44. The molecule has 0 saturated heterocycles. The largest absolute Gasteiger partial charge is 0.478 e. The van der Waals surface area contributed by atoms with Crippen molar-refractivity contribution in [3.63, 3.8) is 0 Å². The van der Waals surface area contributed by atoms with E-state index in [1.165, 1.54) is 12.1 Å². The Kier molecular flexibility index (Phi) is 2.46. The average molecular weight is 187 g/mol. The van der Waals surface area contributed by atoms with Crippen LogP contribution in [0.2, 0.25) is 0 Å². The number of carboxylic acids is 1. The van der Waals surface area contributed by atoms with Gasteiger partial charge in [0.25, 0.3) is 6.43 Å². The fraction of sp³-hybridized carbons (Fsp3) is 0.125. The van der Waals surface area contributed by atoms with Crippen molar-refractivity contribution in [2.75, 3.05) is 5.73 Å². The highest BCUT2D eigenvalue weighted by molar-refractivity contribution is 5.94. The average Bonchev–Trinajstić information content (AvgIpc) is 2.03. The lowest BCUT2D eigenvalue weighted by Crippen LogP contribution is -2.05. The SMILES string of the molecule is Nc1c(C(=O)O)cccc1C(F)F. The summed E-state index contributed by atoms with van der Waals surface area (Å²) < 4.78 is 24.4. The number of alkyl halides is 2. The lowest BCUT2D eigenvalue weighted by atomic mass is 10.1. The Bertz CT molecular complexity index is 339. The molecular formula is C8H7F2NO2. The summed E-state index contributed by atoms with van der Waals surface area (Å²) in [5.41, 5.74) is 4.12. The predicted molar refractivity (Wildman–Crippen MR) is 42.8 cm³/mol. The molecule has 3 nitrogen and oxygen atoms in total. The van der Waals surface area contributed by atoms with E-state index >= 15 is 0 Å². The first-order valence-corrected chi connectivity index (χ1v) is 3.44. The zero-order valence-electron chi connectivity index (χ0n) is 6.50. The van der Waals surface area contributed by atoms with Crippen LogP contribution in [-0.2, 0) is 0 Å². The van der Waals surface area contributed by atoms with Crippen molar-refractivity contribution in [2.24, 2.45) is 0 Å². The summed E-state index contributed by atoms with van der Waals surface area (Å²) in [5, 5.41) is 8.55. The van der Waals surface area contributed by atoms with Gasteiger partial charge >= 0.3 is 5.97 Å². The Balaban J connectivity index is 3.26. The molecule has 0 unspecified atom stereocenters. The molecule has 0 aliphatic carbocycles. The third-order valence-corrected chi connectivity index (χ3v) is 1.61. The van der Waals surface area contributed by atoms with Crippen LogP contribution in [0, 0.1) is 0 Å². The van der Waals surface area contributed by atoms with Gasteiger partial charge in [0.1, 0.15) is 0 Å². The van der Waals surface area contributed by atoms with Crippen molar-refractivity contribution in [3.8, 4) is 0 Å². The monoisotopic (exact) mass is 187 g/mol. The number of aromatic carboxylic acids is 1. The van der Waals surface area contributed by atoms with Gasteiger partial charge < -0.3 is 10.8 Å². The molecule has 1 rings (SSSR count). The number of benzene rings is 1. The van der Waals surface area contributed by atoms with E-state index in [1.807, 2.05) is 0 Å². The van der Waals surface area contributed by atoms with Crippen molar-refractivity contribution in [1.82, 2.24) is 0 Å². The summed E-state index contributed by atoms with van der Waals surface area (Å²) >= 11 is 0. The van der Waals surface area contributed by atoms with Gasteiger partial charge in [0.15, 0.2) is 0 Å². The van der Waals surface area contributed by atoms with Gasteiger partial charge in [0, 0.05) is 5.56 Å². The highest BCUT2D eigenvalue weighted by atomic mass is 19.3. The topological polar surface area (TPSA) is 63.3 Å². The van der Waals surface area contributed by atoms with Gasteiger partial charge in [-0.3, -0.25) is 0 Å². The minimum Gasteiger partial charge on any atom is -0.478 e. The number of halogens is 2. The van der Waals surface area contributed by atoms with Crippen LogP contribution in [0.3, 0.4) is 0 Å². The van der Waals surface area contributed by atoms with E-state index < -0.39 is 18.0 Å². The molecule has 1 aromatic carbocycles. The van der Waals surface area contributed by atoms with E-state index in [0.29, 0.717) is 0 Å². The molecule has 70 valence electrons. The molecular weight excluding hydrogens is 180 g/mol. The molecule has 0 heterocycles. The number of carbonyl (C=O) groups is 1. The van der Waals surface area contributed by atoms with Crippen LogP contribution in [0.5, 0.6) is 0 Å². The Labute approximate surface area is 72.8 Å². The Morgan fingerprint density at radius 3 is 2.54 bits per heavy atom. The Hall–Kier alpha value is -1.65. The van der Waals surface area contributed by atoms with Gasteiger partial charge in [-0.2, -0.15) is 0 Å². The maximum absolute atomic E-state index is 12.2. The van der Waals surface area contributed by atoms with E-state index in [2.05, 4.69) is 0 Å². The van der Waals surface area contributed by atoms with Crippen LogP contribution in [0.15, 0.2) is 18.2 Å². The van der Waals surface area contributed by atoms with E-state index in [4.69, 9.17) is 10.8 Å². The van der Waals surface area contributed by atoms with Crippen molar-refractivity contribution in [2.45, 2.75) is 6.43 Å². The van der Waals surface area contributed by atoms with Gasteiger partial charge in [0.2, 0.25) is 0 Å². The van der Waals surface area contributed by atoms with Gasteiger partial charge in [0.05, 0.1) is 11.3 Å². The zero-order valence-corrected chi connectivity index (χ0v) is 6.50. The second kappa shape index (κ2) is 3.38. The number of nitrogens with two attached hydrogens (primary N) is 1. The summed E-state index contributed by atoms with van der Waals surface area (Å²) in [6.07, 6.45) is -2.75. The third-order valence-electron chi connectivity index (χ3n) is 1.61. The summed E-state index contributed by atoms with van der Waals surface area (Å²) in [4.78, 5) is 10.5. The molecule has 5 heteroatoms. The quantitative estimate of drug-likeness (QED) is 0.695. The number of nitrogen functional groups attached to an aromatic ring is 1. The smallest absolute Gasteiger partial charge is 0.337 e. The molecule has 0 spiro atoms. The fourth-order valence-corrected chi connectivity index (χ4v) is 0.960. The first-order chi connectivity index (χ1) is 6.04. The van der Waals surface area contributed by atoms with Crippen LogP contribution in [0.4, 0.5) is 14.5 Å². The maximum Gasteiger partial charge on any atom is 0.337 e. The molecule has 0 bridgehead atoms. The van der Waals surface area contributed by atoms with E-state index in [1.54, 1.807) is 0 Å². The van der Waals surface area contributed by atoms with Crippen LogP contribution in [0.1, 0.15) is 22.3 Å². The lowest BCUT2D eigenvalue weighted by molar-refractivity contribution is 0.0697. The molecule has 1 aromatic rings. The fourth-order valence-electron chi connectivity index (χ4n) is 0.960.